The van der Waals surface area contributed by atoms with Crippen molar-refractivity contribution in [2.24, 2.45) is 11.8 Å². The predicted molar refractivity (Wildman–Crippen MR) is 92.5 cm³/mol. The highest BCUT2D eigenvalue weighted by Crippen LogP contribution is 2.37. The van der Waals surface area contributed by atoms with Crippen molar-refractivity contribution in [3.05, 3.63) is 35.9 Å². The molecule has 1 heterocycles. The van der Waals surface area contributed by atoms with Crippen molar-refractivity contribution < 1.29 is 14.6 Å². The number of carbonyl (C=O) groups is 1. The standard InChI is InChI=1S/C19H28N2O3/c22-9-8-21-12-17(10-15-6-7-15)11-18(13-21)20-19(23)24-14-16-4-2-1-3-5-16/h1-5,15,17-18,22H,6-14H2,(H,20,23). The Kier molecular flexibility index (Phi) is 6.10. The Morgan fingerprint density at radius 3 is 2.71 bits per heavy atom. The third-order valence-corrected chi connectivity index (χ3v) is 4.93. The second-order valence-electron chi connectivity index (χ2n) is 7.17. The number of piperidine rings is 1. The lowest BCUT2D eigenvalue weighted by Gasteiger charge is -2.37. The van der Waals surface area contributed by atoms with Crippen LogP contribution in [-0.4, -0.2) is 48.4 Å². The van der Waals surface area contributed by atoms with Crippen molar-refractivity contribution in [1.82, 2.24) is 10.2 Å². The number of hydrogen-bond acceptors (Lipinski definition) is 4. The number of β-amino-alcohol motifs (C(OH)–C–C–N with tert-alkyl or cyclic N) is 1. The van der Waals surface area contributed by atoms with E-state index in [9.17, 15) is 9.90 Å². The first-order valence-electron chi connectivity index (χ1n) is 9.03. The van der Waals surface area contributed by atoms with E-state index in [1.165, 1.54) is 19.3 Å². The van der Waals surface area contributed by atoms with Crippen molar-refractivity contribution in [3.63, 3.8) is 0 Å². The van der Waals surface area contributed by atoms with E-state index in [-0.39, 0.29) is 18.7 Å². The van der Waals surface area contributed by atoms with Gasteiger partial charge in [0.1, 0.15) is 6.61 Å². The molecule has 5 nitrogen and oxygen atoms in total. The minimum absolute atomic E-state index is 0.109. The van der Waals surface area contributed by atoms with Gasteiger partial charge in [-0.3, -0.25) is 4.90 Å². The van der Waals surface area contributed by atoms with Crippen LogP contribution in [0.3, 0.4) is 0 Å². The zero-order valence-corrected chi connectivity index (χ0v) is 14.2. The fourth-order valence-corrected chi connectivity index (χ4v) is 3.66. The Hall–Kier alpha value is -1.59. The van der Waals surface area contributed by atoms with E-state index < -0.39 is 0 Å². The van der Waals surface area contributed by atoms with Gasteiger partial charge in [0, 0.05) is 25.7 Å². The molecule has 24 heavy (non-hydrogen) atoms. The largest absolute Gasteiger partial charge is 0.445 e. The average Bonchev–Trinajstić information content (AvgIpc) is 3.38. The number of carbonyl (C=O) groups excluding carboxylic acids is 1. The monoisotopic (exact) mass is 332 g/mol. The van der Waals surface area contributed by atoms with Crippen LogP contribution in [0.2, 0.25) is 0 Å². The molecule has 0 bridgehead atoms. The number of hydrogen-bond donors (Lipinski definition) is 2. The average molecular weight is 332 g/mol. The van der Waals surface area contributed by atoms with Crippen molar-refractivity contribution in [1.29, 1.82) is 0 Å². The van der Waals surface area contributed by atoms with Crippen molar-refractivity contribution in [3.8, 4) is 0 Å². The first-order chi connectivity index (χ1) is 11.7. The lowest BCUT2D eigenvalue weighted by Crippen LogP contribution is -2.51. The van der Waals surface area contributed by atoms with Gasteiger partial charge in [-0.1, -0.05) is 43.2 Å². The maximum Gasteiger partial charge on any atom is 0.407 e. The number of nitrogens with one attached hydrogen (secondary N) is 1. The summed E-state index contributed by atoms with van der Waals surface area (Å²) in [6.45, 7) is 2.97. The normalized spacial score (nSPS) is 24.5. The van der Waals surface area contributed by atoms with Crippen LogP contribution in [-0.2, 0) is 11.3 Å². The molecular weight excluding hydrogens is 304 g/mol. The van der Waals surface area contributed by atoms with E-state index in [4.69, 9.17) is 4.74 Å². The zero-order chi connectivity index (χ0) is 16.8. The van der Waals surface area contributed by atoms with Gasteiger partial charge < -0.3 is 15.2 Å². The van der Waals surface area contributed by atoms with Gasteiger partial charge in [0.25, 0.3) is 0 Å². The Bertz CT molecular complexity index is 519. The highest BCUT2D eigenvalue weighted by atomic mass is 16.5. The van der Waals surface area contributed by atoms with Crippen LogP contribution in [0, 0.1) is 11.8 Å². The number of alkyl carbamates (subject to hydrolysis) is 1. The third-order valence-electron chi connectivity index (χ3n) is 4.93. The molecule has 1 aromatic carbocycles. The Morgan fingerprint density at radius 1 is 1.21 bits per heavy atom. The van der Waals surface area contributed by atoms with Crippen LogP contribution >= 0.6 is 0 Å². The molecule has 2 fully saturated rings. The van der Waals surface area contributed by atoms with E-state index in [1.54, 1.807) is 0 Å². The van der Waals surface area contributed by atoms with E-state index >= 15 is 0 Å². The van der Waals surface area contributed by atoms with Gasteiger partial charge in [-0.2, -0.15) is 0 Å². The maximum absolute atomic E-state index is 12.1. The van der Waals surface area contributed by atoms with Crippen molar-refractivity contribution in [2.45, 2.75) is 38.3 Å². The van der Waals surface area contributed by atoms with Gasteiger partial charge in [-0.25, -0.2) is 4.79 Å². The smallest absolute Gasteiger partial charge is 0.407 e. The second kappa shape index (κ2) is 8.49. The van der Waals surface area contributed by atoms with E-state index in [0.29, 0.717) is 19.1 Å². The Balaban J connectivity index is 1.47. The Morgan fingerprint density at radius 2 is 2.00 bits per heavy atom. The van der Waals surface area contributed by atoms with Crippen LogP contribution < -0.4 is 5.32 Å². The quantitative estimate of drug-likeness (QED) is 0.805. The van der Waals surface area contributed by atoms with E-state index in [2.05, 4.69) is 10.2 Å². The number of benzene rings is 1. The molecule has 1 aliphatic heterocycles. The summed E-state index contributed by atoms with van der Waals surface area (Å²) in [6.07, 6.45) is 4.62. The predicted octanol–water partition coefficient (Wildman–Crippen LogP) is 2.40. The molecule has 0 aromatic heterocycles. The maximum atomic E-state index is 12.1. The number of rotatable bonds is 7. The van der Waals surface area contributed by atoms with Crippen LogP contribution in [0.25, 0.3) is 0 Å². The first kappa shape index (κ1) is 17.2. The molecule has 132 valence electrons. The summed E-state index contributed by atoms with van der Waals surface area (Å²) in [7, 11) is 0. The molecule has 2 atom stereocenters. The Labute approximate surface area is 144 Å². The van der Waals surface area contributed by atoms with E-state index in [0.717, 1.165) is 31.0 Å². The molecule has 1 aliphatic carbocycles. The molecule has 0 radical (unpaired) electrons. The molecular formula is C19H28N2O3. The van der Waals surface area contributed by atoms with E-state index in [1.807, 2.05) is 30.3 Å². The summed E-state index contributed by atoms with van der Waals surface area (Å²) < 4.78 is 5.34. The van der Waals surface area contributed by atoms with Crippen molar-refractivity contribution in [2.75, 3.05) is 26.2 Å². The highest BCUT2D eigenvalue weighted by molar-refractivity contribution is 5.67. The summed E-state index contributed by atoms with van der Waals surface area (Å²) >= 11 is 0. The van der Waals surface area contributed by atoms with Gasteiger partial charge in [-0.05, 0) is 30.2 Å². The molecule has 2 unspecified atom stereocenters. The molecule has 2 N–H and O–H groups in total. The van der Waals surface area contributed by atoms with Crippen LogP contribution in [0.5, 0.6) is 0 Å². The SMILES string of the molecule is O=C(NC1CC(CC2CC2)CN(CCO)C1)OCc1ccccc1. The van der Waals surface area contributed by atoms with Crippen LogP contribution in [0.15, 0.2) is 30.3 Å². The summed E-state index contributed by atoms with van der Waals surface area (Å²) in [5, 5.41) is 12.2. The first-order valence-corrected chi connectivity index (χ1v) is 9.03. The summed E-state index contributed by atoms with van der Waals surface area (Å²) in [4.78, 5) is 14.4. The number of aliphatic hydroxyl groups excluding tert-OH is 1. The van der Waals surface area contributed by atoms with Gasteiger partial charge in [0.05, 0.1) is 6.61 Å². The number of aliphatic hydroxyl groups is 1. The molecule has 1 amide bonds. The molecule has 5 heteroatoms. The fourth-order valence-electron chi connectivity index (χ4n) is 3.66. The fraction of sp³-hybridized carbons (Fsp3) is 0.632. The third kappa shape index (κ3) is 5.49. The van der Waals surface area contributed by atoms with Crippen LogP contribution in [0.4, 0.5) is 4.79 Å². The summed E-state index contributed by atoms with van der Waals surface area (Å²) in [6, 6.07) is 9.82. The molecule has 3 rings (SSSR count). The molecule has 1 aromatic rings. The number of ether oxygens (including phenoxy) is 1. The lowest BCUT2D eigenvalue weighted by atomic mass is 9.90. The molecule has 0 spiro atoms. The lowest BCUT2D eigenvalue weighted by molar-refractivity contribution is 0.0960. The van der Waals surface area contributed by atoms with Gasteiger partial charge in [0.15, 0.2) is 0 Å². The van der Waals surface area contributed by atoms with Crippen molar-refractivity contribution >= 4 is 6.09 Å². The second-order valence-corrected chi connectivity index (χ2v) is 7.17. The molecule has 1 saturated carbocycles. The van der Waals surface area contributed by atoms with Gasteiger partial charge in [-0.15, -0.1) is 0 Å². The van der Waals surface area contributed by atoms with Gasteiger partial charge in [0.2, 0.25) is 0 Å². The highest BCUT2D eigenvalue weighted by Gasteiger charge is 2.32. The number of nitrogens with zero attached hydrogens (tertiary/aromatic N) is 1. The topological polar surface area (TPSA) is 61.8 Å². The zero-order valence-electron chi connectivity index (χ0n) is 14.2. The molecule has 2 aliphatic rings. The minimum atomic E-state index is -0.347. The summed E-state index contributed by atoms with van der Waals surface area (Å²) in [5.41, 5.74) is 0.991. The number of likely N-dealkylation sites (tertiary alicyclic amines) is 1. The summed E-state index contributed by atoms with van der Waals surface area (Å²) in [5.74, 6) is 1.49. The minimum Gasteiger partial charge on any atom is -0.445 e. The van der Waals surface area contributed by atoms with Crippen LogP contribution in [0.1, 0.15) is 31.2 Å². The van der Waals surface area contributed by atoms with Gasteiger partial charge >= 0.3 is 6.09 Å². The number of amides is 1. The molecule has 1 saturated heterocycles.